The average molecular weight is 313 g/mol. The highest BCUT2D eigenvalue weighted by molar-refractivity contribution is 5.93. The second-order valence-electron chi connectivity index (χ2n) is 5.66. The lowest BCUT2D eigenvalue weighted by Crippen LogP contribution is -2.24. The first-order valence-corrected chi connectivity index (χ1v) is 7.60. The molecule has 5 heteroatoms. The topological polar surface area (TPSA) is 59.6 Å². The molecule has 0 aliphatic heterocycles. The molecule has 0 unspecified atom stereocenters. The van der Waals surface area contributed by atoms with Gasteiger partial charge in [-0.1, -0.05) is 36.4 Å². The van der Waals surface area contributed by atoms with E-state index >= 15 is 0 Å². The minimum Gasteiger partial charge on any atom is -0.380 e. The Balaban J connectivity index is 1.67. The number of anilines is 1. The van der Waals surface area contributed by atoms with Gasteiger partial charge in [0.15, 0.2) is 5.96 Å². The first-order chi connectivity index (χ1) is 11.2. The molecule has 0 amide bonds. The maximum atomic E-state index is 13.8. The van der Waals surface area contributed by atoms with Crippen LogP contribution < -0.4 is 11.1 Å². The summed E-state index contributed by atoms with van der Waals surface area (Å²) in [4.78, 5) is 4.46. The van der Waals surface area contributed by atoms with E-state index in [1.807, 2.05) is 36.4 Å². The van der Waals surface area contributed by atoms with Crippen molar-refractivity contribution in [2.75, 3.05) is 12.4 Å². The number of aliphatic imine (C=N–C) groups is 1. The molecule has 3 N–H and O–H groups in total. The summed E-state index contributed by atoms with van der Waals surface area (Å²) in [6.07, 6.45) is 0.822. The number of hydrogen-bond acceptors (Lipinski definition) is 2. The van der Waals surface area contributed by atoms with Gasteiger partial charge in [-0.05, 0) is 24.1 Å². The van der Waals surface area contributed by atoms with Crippen LogP contribution in [0.3, 0.4) is 0 Å². The summed E-state index contributed by atoms with van der Waals surface area (Å²) >= 11 is 0. The van der Waals surface area contributed by atoms with E-state index in [1.165, 1.54) is 6.07 Å². The van der Waals surface area contributed by atoms with Gasteiger partial charge in [-0.15, -0.1) is 0 Å². The van der Waals surface area contributed by atoms with E-state index in [0.29, 0.717) is 18.1 Å². The molecule has 1 saturated carbocycles. The van der Waals surface area contributed by atoms with Gasteiger partial charge in [-0.3, -0.25) is 0 Å². The van der Waals surface area contributed by atoms with E-state index in [4.69, 9.17) is 10.5 Å². The van der Waals surface area contributed by atoms with Crippen LogP contribution in [0.4, 0.5) is 10.1 Å². The smallest absolute Gasteiger partial charge is 0.193 e. The van der Waals surface area contributed by atoms with Crippen molar-refractivity contribution in [1.29, 1.82) is 0 Å². The zero-order valence-corrected chi connectivity index (χ0v) is 13.0. The van der Waals surface area contributed by atoms with Gasteiger partial charge in [0, 0.05) is 24.3 Å². The standard InChI is InChI=1S/C18H20FN3O/c1-23-11-12-6-2-5-9-16(12)21-18(20)22-17-10-14(17)13-7-3-4-8-15(13)19/h2-9,14,17H,10-11H2,1H3,(H3,20,21,22)/t14-,17+/m0/s1. The van der Waals surface area contributed by atoms with E-state index < -0.39 is 0 Å². The summed E-state index contributed by atoms with van der Waals surface area (Å²) in [5.74, 6) is 0.287. The van der Waals surface area contributed by atoms with Crippen LogP contribution in [0.2, 0.25) is 0 Å². The van der Waals surface area contributed by atoms with Gasteiger partial charge < -0.3 is 15.8 Å². The van der Waals surface area contributed by atoms with E-state index in [9.17, 15) is 4.39 Å². The predicted octanol–water partition coefficient (Wildman–Crippen LogP) is 3.25. The van der Waals surface area contributed by atoms with Crippen molar-refractivity contribution in [3.8, 4) is 0 Å². The van der Waals surface area contributed by atoms with Gasteiger partial charge in [-0.2, -0.15) is 0 Å². The van der Waals surface area contributed by atoms with Crippen LogP contribution in [0, 0.1) is 5.82 Å². The maximum Gasteiger partial charge on any atom is 0.193 e. The van der Waals surface area contributed by atoms with Crippen LogP contribution in [-0.4, -0.2) is 19.1 Å². The minimum atomic E-state index is -0.174. The molecule has 1 aliphatic carbocycles. The van der Waals surface area contributed by atoms with Crippen LogP contribution in [-0.2, 0) is 11.3 Å². The Morgan fingerprint density at radius 2 is 2.00 bits per heavy atom. The fraction of sp³-hybridized carbons (Fsp3) is 0.278. The number of halogens is 1. The number of ether oxygens (including phenoxy) is 1. The fourth-order valence-electron chi connectivity index (χ4n) is 2.71. The molecule has 1 aliphatic rings. The van der Waals surface area contributed by atoms with E-state index in [0.717, 1.165) is 17.7 Å². The largest absolute Gasteiger partial charge is 0.380 e. The SMILES string of the molecule is COCc1ccccc1NC(N)=N[C@@H]1C[C@H]1c1ccccc1F. The summed E-state index contributed by atoms with van der Waals surface area (Å²) in [5, 5.41) is 3.11. The lowest BCUT2D eigenvalue weighted by molar-refractivity contribution is 0.185. The van der Waals surface area contributed by atoms with Crippen LogP contribution in [0.25, 0.3) is 0 Å². The Kier molecular flexibility index (Phi) is 4.57. The van der Waals surface area contributed by atoms with Crippen molar-refractivity contribution >= 4 is 11.6 Å². The number of nitrogens with one attached hydrogen (secondary N) is 1. The predicted molar refractivity (Wildman–Crippen MR) is 89.9 cm³/mol. The molecule has 4 nitrogen and oxygen atoms in total. The van der Waals surface area contributed by atoms with Gasteiger partial charge in [-0.25, -0.2) is 9.38 Å². The lowest BCUT2D eigenvalue weighted by atomic mass is 10.1. The van der Waals surface area contributed by atoms with Gasteiger partial charge in [0.25, 0.3) is 0 Å². The lowest BCUT2D eigenvalue weighted by Gasteiger charge is -2.10. The third-order valence-corrected chi connectivity index (χ3v) is 3.95. The molecule has 3 rings (SSSR count). The van der Waals surface area contributed by atoms with Crippen LogP contribution in [0.5, 0.6) is 0 Å². The molecular weight excluding hydrogens is 293 g/mol. The second-order valence-corrected chi connectivity index (χ2v) is 5.66. The molecular formula is C18H20FN3O. The number of guanidine groups is 1. The van der Waals surface area contributed by atoms with Gasteiger partial charge in [0.2, 0.25) is 0 Å². The van der Waals surface area contributed by atoms with Crippen LogP contribution in [0.1, 0.15) is 23.5 Å². The van der Waals surface area contributed by atoms with Crippen molar-refractivity contribution in [2.45, 2.75) is 25.0 Å². The Bertz CT molecular complexity index is 717. The molecule has 23 heavy (non-hydrogen) atoms. The molecule has 0 saturated heterocycles. The summed E-state index contributed by atoms with van der Waals surface area (Å²) in [6.45, 7) is 0.498. The van der Waals surface area contributed by atoms with E-state index in [2.05, 4.69) is 10.3 Å². The van der Waals surface area contributed by atoms with Crippen molar-refractivity contribution < 1.29 is 9.13 Å². The Morgan fingerprint density at radius 3 is 2.78 bits per heavy atom. The molecule has 0 heterocycles. The number of methoxy groups -OCH3 is 1. The fourth-order valence-corrected chi connectivity index (χ4v) is 2.71. The molecule has 0 radical (unpaired) electrons. The van der Waals surface area contributed by atoms with Crippen LogP contribution >= 0.6 is 0 Å². The number of nitrogens with two attached hydrogens (primary N) is 1. The number of benzene rings is 2. The van der Waals surface area contributed by atoms with Gasteiger partial charge in [0.1, 0.15) is 5.82 Å². The number of para-hydroxylation sites is 1. The highest BCUT2D eigenvalue weighted by Crippen LogP contribution is 2.44. The van der Waals surface area contributed by atoms with Crippen molar-refractivity contribution in [3.63, 3.8) is 0 Å². The Labute approximate surface area is 135 Å². The molecule has 0 bridgehead atoms. The summed E-state index contributed by atoms with van der Waals surface area (Å²) in [6, 6.07) is 14.6. The quantitative estimate of drug-likeness (QED) is 0.658. The highest BCUT2D eigenvalue weighted by atomic mass is 19.1. The third-order valence-electron chi connectivity index (χ3n) is 3.95. The molecule has 2 atom stereocenters. The Hall–Kier alpha value is -2.40. The molecule has 0 spiro atoms. The summed E-state index contributed by atoms with van der Waals surface area (Å²) in [5.41, 5.74) is 8.59. The zero-order chi connectivity index (χ0) is 16.2. The van der Waals surface area contributed by atoms with E-state index in [-0.39, 0.29) is 17.8 Å². The second kappa shape index (κ2) is 6.79. The zero-order valence-electron chi connectivity index (χ0n) is 13.0. The van der Waals surface area contributed by atoms with Gasteiger partial charge in [0.05, 0.1) is 12.6 Å². The maximum absolute atomic E-state index is 13.8. The number of rotatable bonds is 5. The molecule has 1 fully saturated rings. The number of hydrogen-bond donors (Lipinski definition) is 2. The first-order valence-electron chi connectivity index (χ1n) is 7.60. The highest BCUT2D eigenvalue weighted by Gasteiger charge is 2.40. The molecule has 2 aromatic rings. The monoisotopic (exact) mass is 313 g/mol. The van der Waals surface area contributed by atoms with E-state index in [1.54, 1.807) is 13.2 Å². The Morgan fingerprint density at radius 1 is 1.26 bits per heavy atom. The van der Waals surface area contributed by atoms with Crippen molar-refractivity contribution in [1.82, 2.24) is 0 Å². The third kappa shape index (κ3) is 3.68. The molecule has 2 aromatic carbocycles. The van der Waals surface area contributed by atoms with Crippen molar-refractivity contribution in [3.05, 3.63) is 65.5 Å². The molecule has 120 valence electrons. The summed E-state index contributed by atoms with van der Waals surface area (Å²) in [7, 11) is 1.65. The van der Waals surface area contributed by atoms with Gasteiger partial charge >= 0.3 is 0 Å². The molecule has 0 aromatic heterocycles. The van der Waals surface area contributed by atoms with Crippen LogP contribution in [0.15, 0.2) is 53.5 Å². The first kappa shape index (κ1) is 15.5. The van der Waals surface area contributed by atoms with Crippen molar-refractivity contribution in [2.24, 2.45) is 10.7 Å². The average Bonchev–Trinajstić information content (AvgIpc) is 3.28. The summed E-state index contributed by atoms with van der Waals surface area (Å²) < 4.78 is 18.9. The minimum absolute atomic E-state index is 0.0361. The normalized spacial score (nSPS) is 20.3. The number of nitrogens with zero attached hydrogens (tertiary/aromatic N) is 1.